The van der Waals surface area contributed by atoms with Crippen molar-refractivity contribution in [1.29, 1.82) is 0 Å². The van der Waals surface area contributed by atoms with Crippen molar-refractivity contribution in [3.8, 4) is 11.5 Å². The number of hydrogen-bond acceptors (Lipinski definition) is 8. The molecule has 8 rings (SSSR count). The molecule has 0 fully saturated rings. The molecule has 0 unspecified atom stereocenters. The van der Waals surface area contributed by atoms with Gasteiger partial charge in [0.05, 0.1) is 36.2 Å². The van der Waals surface area contributed by atoms with Crippen LogP contribution in [0, 0.1) is 13.8 Å². The van der Waals surface area contributed by atoms with Crippen molar-refractivity contribution < 1.29 is 38.1 Å². The molecule has 0 radical (unpaired) electrons. The van der Waals surface area contributed by atoms with Crippen LogP contribution in [0.2, 0.25) is 0 Å². The van der Waals surface area contributed by atoms with Crippen LogP contribution in [0.4, 0.5) is 0 Å². The van der Waals surface area contributed by atoms with E-state index in [0.717, 1.165) is 72.0 Å². The Balaban J connectivity index is 0.000000177. The fraction of sp³-hybridized carbons (Fsp3) is 0.304. The average Bonchev–Trinajstić information content (AvgIpc) is 4.02. The van der Waals surface area contributed by atoms with Gasteiger partial charge in [-0.2, -0.15) is 0 Å². The summed E-state index contributed by atoms with van der Waals surface area (Å²) in [6.45, 7) is 4.95. The molecule has 2 aromatic heterocycles. The molecule has 2 aliphatic rings. The molecule has 0 spiro atoms. The van der Waals surface area contributed by atoms with Crippen LogP contribution in [0.25, 0.3) is 21.8 Å². The first-order valence-electron chi connectivity index (χ1n) is 19.2. The van der Waals surface area contributed by atoms with Gasteiger partial charge in [-0.15, -0.1) is 0 Å². The van der Waals surface area contributed by atoms with Gasteiger partial charge in [0, 0.05) is 29.9 Å². The summed E-state index contributed by atoms with van der Waals surface area (Å²) in [7, 11) is 2.66. The second-order valence-electron chi connectivity index (χ2n) is 14.5. The number of ether oxygens (including phenoxy) is 4. The summed E-state index contributed by atoms with van der Waals surface area (Å²) in [4.78, 5) is 47.9. The fourth-order valence-electron chi connectivity index (χ4n) is 8.30. The SMILES string of the molecule is COC(=O)COc1cc2c(c3c1c(C(=O)C(N)=O)c(C)n3Cc1ccccc1)CCC2.COC(=O)COc1cc2c(c3c1cc(C)n3Cc1ccccc1)CCC2. The van der Waals surface area contributed by atoms with Crippen LogP contribution in [0.5, 0.6) is 11.5 Å². The van der Waals surface area contributed by atoms with E-state index in [-0.39, 0.29) is 24.7 Å². The van der Waals surface area contributed by atoms with Crippen LogP contribution in [-0.4, -0.2) is 60.2 Å². The van der Waals surface area contributed by atoms with Crippen LogP contribution < -0.4 is 15.2 Å². The lowest BCUT2D eigenvalue weighted by molar-refractivity contribution is -0.143. The number of rotatable bonds is 12. The summed E-state index contributed by atoms with van der Waals surface area (Å²) in [5.41, 5.74) is 16.9. The number of primary amides is 1. The maximum atomic E-state index is 12.9. The highest BCUT2D eigenvalue weighted by atomic mass is 16.6. The standard InChI is InChI=1S/C24H24N2O5.C22H23NO3/c1-14-20(23(28)24(25)29)21-18(31-13-19(27)30-2)11-16-9-6-10-17(16)22(21)26(14)12-15-7-4-3-5-8-15;1-15-11-19-20(26-14-21(24)25-2)12-17-9-6-10-18(17)22(19)23(15)13-16-7-4-3-5-8-16/h3-5,7-8,11H,6,9-10,12-13H2,1-2H3,(H2,25,29);3-5,7-8,11-12H,6,9-10,13-14H2,1-2H3. The first-order chi connectivity index (χ1) is 27.6. The number of hydrogen-bond donors (Lipinski definition) is 1. The van der Waals surface area contributed by atoms with Crippen LogP contribution >= 0.6 is 0 Å². The minimum atomic E-state index is -1.03. The van der Waals surface area contributed by atoms with Gasteiger partial charge >= 0.3 is 11.9 Å². The Morgan fingerprint density at radius 2 is 1.16 bits per heavy atom. The summed E-state index contributed by atoms with van der Waals surface area (Å²) >= 11 is 0. The molecule has 2 N–H and O–H groups in total. The Morgan fingerprint density at radius 1 is 0.649 bits per heavy atom. The first kappa shape index (κ1) is 38.9. The van der Waals surface area contributed by atoms with E-state index in [1.807, 2.05) is 49.4 Å². The predicted octanol–water partition coefficient (Wildman–Crippen LogP) is 6.75. The molecule has 1 amide bonds. The van der Waals surface area contributed by atoms with E-state index in [4.69, 9.17) is 24.7 Å². The van der Waals surface area contributed by atoms with Crippen LogP contribution in [0.15, 0.2) is 78.9 Å². The second-order valence-corrected chi connectivity index (χ2v) is 14.5. The highest BCUT2D eigenvalue weighted by Gasteiger charge is 2.31. The normalized spacial score (nSPS) is 12.8. The third kappa shape index (κ3) is 7.87. The van der Waals surface area contributed by atoms with Gasteiger partial charge in [0.15, 0.2) is 13.2 Å². The molecule has 11 nitrogen and oxygen atoms in total. The molecule has 0 saturated carbocycles. The third-order valence-corrected chi connectivity index (χ3v) is 11.0. The van der Waals surface area contributed by atoms with Gasteiger partial charge in [-0.05, 0) is 104 Å². The van der Waals surface area contributed by atoms with Crippen molar-refractivity contribution in [3.63, 3.8) is 0 Å². The number of carbonyl (C=O) groups excluding carboxylic acids is 4. The zero-order chi connectivity index (χ0) is 40.2. The van der Waals surface area contributed by atoms with E-state index in [2.05, 4.69) is 52.5 Å². The smallest absolute Gasteiger partial charge is 0.343 e. The number of esters is 2. The molecule has 4 aromatic carbocycles. The lowest BCUT2D eigenvalue weighted by Gasteiger charge is -2.14. The van der Waals surface area contributed by atoms with Crippen LogP contribution in [-0.2, 0) is 62.6 Å². The van der Waals surface area contributed by atoms with E-state index in [9.17, 15) is 19.2 Å². The maximum absolute atomic E-state index is 12.9. The number of benzene rings is 4. The highest BCUT2D eigenvalue weighted by molar-refractivity contribution is 6.45. The molecule has 0 atom stereocenters. The van der Waals surface area contributed by atoms with E-state index < -0.39 is 17.7 Å². The topological polar surface area (TPSA) is 141 Å². The predicted molar refractivity (Wildman–Crippen MR) is 217 cm³/mol. The van der Waals surface area contributed by atoms with Gasteiger partial charge in [0.2, 0.25) is 0 Å². The number of carbonyl (C=O) groups is 4. The Hall–Kier alpha value is -6.36. The number of ketones is 1. The van der Waals surface area contributed by atoms with Crippen molar-refractivity contribution >= 4 is 45.4 Å². The summed E-state index contributed by atoms with van der Waals surface area (Å²) in [6, 6.07) is 26.5. The average molecular weight is 770 g/mol. The summed E-state index contributed by atoms with van der Waals surface area (Å²) in [5, 5.41) is 1.62. The Labute approximate surface area is 331 Å². The Kier molecular flexibility index (Phi) is 11.5. The van der Waals surface area contributed by atoms with Gasteiger partial charge in [0.1, 0.15) is 11.5 Å². The first-order valence-corrected chi connectivity index (χ1v) is 19.2. The van der Waals surface area contributed by atoms with Gasteiger partial charge in [-0.1, -0.05) is 60.7 Å². The lowest BCUT2D eigenvalue weighted by atomic mass is 10.0. The van der Waals surface area contributed by atoms with E-state index in [1.54, 1.807) is 0 Å². The molecule has 0 saturated heterocycles. The van der Waals surface area contributed by atoms with Crippen LogP contribution in [0.1, 0.15) is 68.0 Å². The number of nitrogens with two attached hydrogens (primary N) is 1. The summed E-state index contributed by atoms with van der Waals surface area (Å²) in [5.74, 6) is -1.52. The monoisotopic (exact) mass is 769 g/mol. The zero-order valence-corrected chi connectivity index (χ0v) is 32.8. The second kappa shape index (κ2) is 16.8. The van der Waals surface area contributed by atoms with Crippen molar-refractivity contribution in [3.05, 3.63) is 129 Å². The van der Waals surface area contributed by atoms with Gasteiger partial charge in [-0.25, -0.2) is 9.59 Å². The molecular weight excluding hydrogens is 723 g/mol. The molecule has 294 valence electrons. The summed E-state index contributed by atoms with van der Waals surface area (Å²) < 4.78 is 25.5. The Bertz CT molecular complexity index is 2500. The molecule has 2 heterocycles. The van der Waals surface area contributed by atoms with Crippen LogP contribution in [0.3, 0.4) is 0 Å². The van der Waals surface area contributed by atoms with Gasteiger partial charge in [-0.3, -0.25) is 9.59 Å². The highest BCUT2D eigenvalue weighted by Crippen LogP contribution is 2.42. The number of aryl methyl sites for hydroxylation is 5. The van der Waals surface area contributed by atoms with Crippen molar-refractivity contribution in [2.75, 3.05) is 27.4 Å². The lowest BCUT2D eigenvalue weighted by Crippen LogP contribution is -2.24. The quantitative estimate of drug-likeness (QED) is 0.0820. The summed E-state index contributed by atoms with van der Waals surface area (Å²) in [6.07, 6.45) is 6.07. The van der Waals surface area contributed by atoms with Crippen molar-refractivity contribution in [2.24, 2.45) is 5.73 Å². The molecular formula is C46H47N3O8. The molecule has 2 aliphatic carbocycles. The number of nitrogens with zero attached hydrogens (tertiary/aromatic N) is 2. The van der Waals surface area contributed by atoms with E-state index in [1.165, 1.54) is 48.5 Å². The largest absolute Gasteiger partial charge is 0.481 e. The fourth-order valence-corrected chi connectivity index (χ4v) is 8.30. The number of fused-ring (bicyclic) bond motifs is 6. The third-order valence-electron chi connectivity index (χ3n) is 11.0. The minimum Gasteiger partial charge on any atom is -0.481 e. The van der Waals surface area contributed by atoms with Crippen molar-refractivity contribution in [2.45, 2.75) is 65.5 Å². The van der Waals surface area contributed by atoms with Gasteiger partial charge in [0.25, 0.3) is 11.7 Å². The number of amides is 1. The molecule has 0 aliphatic heterocycles. The number of Topliss-reactive ketones (excluding diaryl/α,β-unsaturated/α-hetero) is 1. The molecule has 0 bridgehead atoms. The molecule has 6 aromatic rings. The zero-order valence-electron chi connectivity index (χ0n) is 32.8. The number of methoxy groups -OCH3 is 2. The van der Waals surface area contributed by atoms with Crippen molar-refractivity contribution in [1.82, 2.24) is 9.13 Å². The maximum Gasteiger partial charge on any atom is 0.343 e. The van der Waals surface area contributed by atoms with Gasteiger partial charge < -0.3 is 33.8 Å². The molecule has 57 heavy (non-hydrogen) atoms. The van der Waals surface area contributed by atoms with E-state index >= 15 is 0 Å². The van der Waals surface area contributed by atoms with E-state index in [0.29, 0.717) is 23.4 Å². The Morgan fingerprint density at radius 3 is 1.70 bits per heavy atom. The minimum absolute atomic E-state index is 0.0622. The molecule has 11 heteroatoms. The number of aromatic nitrogens is 2.